The topological polar surface area (TPSA) is 127 Å². The number of phenols is 3. The summed E-state index contributed by atoms with van der Waals surface area (Å²) in [5, 5.41) is 43.9. The number of rotatable bonds is 7. The van der Waals surface area contributed by atoms with E-state index in [1.807, 2.05) is 40.7 Å². The second-order valence-electron chi connectivity index (χ2n) is 9.72. The van der Waals surface area contributed by atoms with Crippen LogP contribution in [-0.2, 0) is 4.79 Å². The molecule has 7 nitrogen and oxygen atoms in total. The van der Waals surface area contributed by atoms with Crippen molar-refractivity contribution in [3.63, 3.8) is 0 Å². The van der Waals surface area contributed by atoms with E-state index in [9.17, 15) is 24.9 Å². The summed E-state index contributed by atoms with van der Waals surface area (Å²) in [6.45, 7) is 10.8. The first-order chi connectivity index (χ1) is 16.8. The van der Waals surface area contributed by atoms with Gasteiger partial charge >= 0.3 is 5.97 Å². The number of carbonyl (C=O) groups excluding carboxylic acids is 1. The molecule has 3 rings (SSSR count). The highest BCUT2D eigenvalue weighted by Crippen LogP contribution is 2.45. The van der Waals surface area contributed by atoms with Crippen molar-refractivity contribution in [3.05, 3.63) is 64.2 Å². The molecule has 0 atom stereocenters. The highest BCUT2D eigenvalue weighted by molar-refractivity contribution is 6.05. The summed E-state index contributed by atoms with van der Waals surface area (Å²) in [6, 6.07) is 10.0. The number of carboxylic acid groups (broad SMARTS) is 1. The second-order valence-corrected chi connectivity index (χ2v) is 9.72. The highest BCUT2D eigenvalue weighted by Gasteiger charge is 2.24. The van der Waals surface area contributed by atoms with Crippen LogP contribution in [-0.4, -0.2) is 38.8 Å². The van der Waals surface area contributed by atoms with Crippen molar-refractivity contribution < 1.29 is 30.0 Å². The first-order valence-corrected chi connectivity index (χ1v) is 11.9. The van der Waals surface area contributed by atoms with Gasteiger partial charge in [0.25, 0.3) is 5.91 Å². The maximum atomic E-state index is 13.0. The maximum absolute atomic E-state index is 13.0. The molecule has 0 aliphatic rings. The third-order valence-corrected chi connectivity index (χ3v) is 6.37. The molecule has 0 radical (unpaired) electrons. The minimum absolute atomic E-state index is 0.0214. The summed E-state index contributed by atoms with van der Waals surface area (Å²) in [5.41, 5.74) is 4.84. The smallest absolute Gasteiger partial charge is 0.322 e. The number of carbonyl (C=O) groups is 2. The van der Waals surface area contributed by atoms with Crippen LogP contribution in [0.2, 0.25) is 0 Å². The van der Waals surface area contributed by atoms with Crippen LogP contribution in [0, 0.1) is 13.8 Å². The summed E-state index contributed by atoms with van der Waals surface area (Å²) >= 11 is 0. The van der Waals surface area contributed by atoms with E-state index in [2.05, 4.69) is 5.32 Å². The minimum atomic E-state index is -1.19. The Balaban J connectivity index is 2.36. The average molecular weight is 492 g/mol. The lowest BCUT2D eigenvalue weighted by atomic mass is 9.86. The number of aryl methyl sites for hydroxylation is 2. The molecule has 0 aliphatic heterocycles. The zero-order chi connectivity index (χ0) is 26.9. The molecular weight excluding hydrogens is 458 g/mol. The molecule has 0 aromatic heterocycles. The molecule has 0 heterocycles. The standard InChI is InChI=1S/C29H33NO6/c1-14(2)20-11-22(16(5)9-24(20)31)18-7-8-19(29(36)30-13-26(33)34)27(28(18)35)23-12-21(15(3)4)25(32)10-17(23)6/h7-12,14-15,31-32,35H,13H2,1-6H3,(H,30,36)(H,33,34). The van der Waals surface area contributed by atoms with Crippen molar-refractivity contribution in [1.29, 1.82) is 0 Å². The van der Waals surface area contributed by atoms with Gasteiger partial charge in [-0.3, -0.25) is 9.59 Å². The number of nitrogens with one attached hydrogen (secondary N) is 1. The van der Waals surface area contributed by atoms with Crippen LogP contribution < -0.4 is 5.32 Å². The molecule has 190 valence electrons. The van der Waals surface area contributed by atoms with E-state index in [4.69, 9.17) is 5.11 Å². The molecule has 0 fully saturated rings. The van der Waals surface area contributed by atoms with Crippen LogP contribution in [0.1, 0.15) is 72.1 Å². The lowest BCUT2D eigenvalue weighted by molar-refractivity contribution is -0.135. The van der Waals surface area contributed by atoms with Gasteiger partial charge in [0.2, 0.25) is 0 Å². The normalized spacial score (nSPS) is 11.2. The van der Waals surface area contributed by atoms with E-state index in [0.717, 1.165) is 11.1 Å². The Morgan fingerprint density at radius 3 is 1.78 bits per heavy atom. The molecular formula is C29H33NO6. The Labute approximate surface area is 211 Å². The Morgan fingerprint density at radius 2 is 1.28 bits per heavy atom. The fourth-order valence-corrected chi connectivity index (χ4v) is 4.42. The molecule has 0 aliphatic carbocycles. The van der Waals surface area contributed by atoms with Gasteiger partial charge in [-0.15, -0.1) is 0 Å². The number of aliphatic carboxylic acids is 1. The van der Waals surface area contributed by atoms with Gasteiger partial charge in [0.15, 0.2) is 0 Å². The van der Waals surface area contributed by atoms with E-state index in [1.54, 1.807) is 37.3 Å². The fraction of sp³-hybridized carbons (Fsp3) is 0.310. The van der Waals surface area contributed by atoms with E-state index >= 15 is 0 Å². The number of phenolic OH excluding ortho intramolecular Hbond substituents is 3. The lowest BCUT2D eigenvalue weighted by Gasteiger charge is -2.20. The van der Waals surface area contributed by atoms with Crippen LogP contribution in [0.15, 0.2) is 36.4 Å². The summed E-state index contributed by atoms with van der Waals surface area (Å²) < 4.78 is 0. The van der Waals surface area contributed by atoms with Crippen molar-refractivity contribution in [2.75, 3.05) is 6.54 Å². The van der Waals surface area contributed by atoms with Crippen LogP contribution in [0.5, 0.6) is 17.2 Å². The number of hydrogen-bond donors (Lipinski definition) is 5. The van der Waals surface area contributed by atoms with Crippen molar-refractivity contribution in [1.82, 2.24) is 5.32 Å². The molecule has 5 N–H and O–H groups in total. The molecule has 0 unspecified atom stereocenters. The zero-order valence-electron chi connectivity index (χ0n) is 21.4. The number of amides is 1. The summed E-state index contributed by atoms with van der Waals surface area (Å²) in [6.07, 6.45) is 0. The number of carboxylic acids is 1. The highest BCUT2D eigenvalue weighted by atomic mass is 16.4. The van der Waals surface area contributed by atoms with Crippen molar-refractivity contribution in [2.45, 2.75) is 53.4 Å². The van der Waals surface area contributed by atoms with Crippen LogP contribution in [0.4, 0.5) is 0 Å². The van der Waals surface area contributed by atoms with Gasteiger partial charge in [0.1, 0.15) is 23.8 Å². The minimum Gasteiger partial charge on any atom is -0.508 e. The van der Waals surface area contributed by atoms with Gasteiger partial charge in [-0.2, -0.15) is 0 Å². The van der Waals surface area contributed by atoms with Gasteiger partial charge in [0.05, 0.1) is 5.56 Å². The third kappa shape index (κ3) is 5.15. The quantitative estimate of drug-likeness (QED) is 0.284. The maximum Gasteiger partial charge on any atom is 0.322 e. The molecule has 0 spiro atoms. The van der Waals surface area contributed by atoms with Crippen LogP contribution >= 0.6 is 0 Å². The van der Waals surface area contributed by atoms with Gasteiger partial charge < -0.3 is 25.7 Å². The predicted molar refractivity (Wildman–Crippen MR) is 140 cm³/mol. The Kier molecular flexibility index (Phi) is 7.62. The fourth-order valence-electron chi connectivity index (χ4n) is 4.42. The molecule has 0 saturated carbocycles. The summed E-state index contributed by atoms with van der Waals surface area (Å²) in [7, 11) is 0. The van der Waals surface area contributed by atoms with Gasteiger partial charge in [-0.1, -0.05) is 27.7 Å². The van der Waals surface area contributed by atoms with Crippen molar-refractivity contribution in [3.8, 4) is 39.5 Å². The lowest BCUT2D eigenvalue weighted by Crippen LogP contribution is -2.29. The monoisotopic (exact) mass is 491 g/mol. The van der Waals surface area contributed by atoms with E-state index in [-0.39, 0.29) is 40.2 Å². The molecule has 7 heteroatoms. The van der Waals surface area contributed by atoms with Crippen LogP contribution in [0.25, 0.3) is 22.3 Å². The van der Waals surface area contributed by atoms with E-state index in [0.29, 0.717) is 27.8 Å². The molecule has 3 aromatic rings. The Hall–Kier alpha value is -4.00. The molecule has 36 heavy (non-hydrogen) atoms. The van der Waals surface area contributed by atoms with Gasteiger partial charge in [0, 0.05) is 11.1 Å². The number of benzene rings is 3. The Morgan fingerprint density at radius 1 is 0.778 bits per heavy atom. The number of hydrogen-bond acceptors (Lipinski definition) is 5. The van der Waals surface area contributed by atoms with Crippen molar-refractivity contribution in [2.24, 2.45) is 0 Å². The van der Waals surface area contributed by atoms with Crippen molar-refractivity contribution >= 4 is 11.9 Å². The third-order valence-electron chi connectivity index (χ3n) is 6.37. The SMILES string of the molecule is Cc1cc(O)c(C(C)C)cc1-c1ccc(C(=O)NCC(=O)O)c(-c2cc(C(C)C)c(O)cc2C)c1O. The van der Waals surface area contributed by atoms with E-state index in [1.165, 1.54) is 0 Å². The average Bonchev–Trinajstić information content (AvgIpc) is 2.77. The molecule has 3 aromatic carbocycles. The zero-order valence-corrected chi connectivity index (χ0v) is 21.4. The van der Waals surface area contributed by atoms with Crippen LogP contribution in [0.3, 0.4) is 0 Å². The first-order valence-electron chi connectivity index (χ1n) is 11.9. The second kappa shape index (κ2) is 10.3. The largest absolute Gasteiger partial charge is 0.508 e. The first kappa shape index (κ1) is 26.6. The number of aromatic hydroxyl groups is 3. The summed E-state index contributed by atoms with van der Waals surface area (Å²) in [5.74, 6) is -1.66. The molecule has 0 bridgehead atoms. The van der Waals surface area contributed by atoms with Gasteiger partial charge in [-0.05, 0) is 95.5 Å². The predicted octanol–water partition coefficient (Wildman–Crippen LogP) is 5.82. The molecule has 1 amide bonds. The van der Waals surface area contributed by atoms with Gasteiger partial charge in [-0.25, -0.2) is 0 Å². The summed E-state index contributed by atoms with van der Waals surface area (Å²) in [4.78, 5) is 24.1. The Bertz CT molecular complexity index is 1340. The molecule has 0 saturated heterocycles. The van der Waals surface area contributed by atoms with E-state index < -0.39 is 18.4 Å².